The molecule has 120 valence electrons. The molecule has 6 heteroatoms. The smallest absolute Gasteiger partial charge is 0.255 e. The molecule has 1 aliphatic rings. The SMILES string of the molecule is O=C(Nc1ccccc1Cl)c1ccc(-c2noc(C3CC3)n2)cc1. The highest BCUT2D eigenvalue weighted by molar-refractivity contribution is 6.33. The second-order valence-corrected chi connectivity index (χ2v) is 6.15. The van der Waals surface area contributed by atoms with Crippen molar-refractivity contribution in [2.75, 3.05) is 5.32 Å². The second-order valence-electron chi connectivity index (χ2n) is 5.74. The molecule has 24 heavy (non-hydrogen) atoms. The number of benzene rings is 2. The Labute approximate surface area is 143 Å². The Bertz CT molecular complexity index is 885. The number of rotatable bonds is 4. The summed E-state index contributed by atoms with van der Waals surface area (Å²) in [5, 5.41) is 7.29. The van der Waals surface area contributed by atoms with Crippen LogP contribution in [0.4, 0.5) is 5.69 Å². The van der Waals surface area contributed by atoms with Crippen LogP contribution in [0.2, 0.25) is 5.02 Å². The first-order valence-corrected chi connectivity index (χ1v) is 8.08. The Balaban J connectivity index is 1.50. The molecule has 1 fully saturated rings. The summed E-state index contributed by atoms with van der Waals surface area (Å²) in [7, 11) is 0. The van der Waals surface area contributed by atoms with Crippen LogP contribution in [0, 0.1) is 0 Å². The van der Waals surface area contributed by atoms with Crippen molar-refractivity contribution in [3.05, 3.63) is 65.0 Å². The summed E-state index contributed by atoms with van der Waals surface area (Å²) in [6.45, 7) is 0. The first-order chi connectivity index (χ1) is 11.7. The van der Waals surface area contributed by atoms with Crippen molar-refractivity contribution >= 4 is 23.2 Å². The van der Waals surface area contributed by atoms with E-state index in [9.17, 15) is 4.79 Å². The molecule has 0 spiro atoms. The molecule has 0 unspecified atom stereocenters. The molecule has 4 rings (SSSR count). The molecule has 0 aliphatic heterocycles. The van der Waals surface area contributed by atoms with E-state index in [1.54, 1.807) is 24.3 Å². The topological polar surface area (TPSA) is 68.0 Å². The molecule has 0 bridgehead atoms. The van der Waals surface area contributed by atoms with E-state index in [1.165, 1.54) is 0 Å². The molecule has 1 amide bonds. The van der Waals surface area contributed by atoms with Crippen LogP contribution >= 0.6 is 11.6 Å². The Hall–Kier alpha value is -2.66. The van der Waals surface area contributed by atoms with E-state index in [2.05, 4.69) is 15.5 Å². The molecule has 5 nitrogen and oxygen atoms in total. The fourth-order valence-corrected chi connectivity index (χ4v) is 2.56. The average molecular weight is 340 g/mol. The van der Waals surface area contributed by atoms with Crippen molar-refractivity contribution in [1.82, 2.24) is 10.1 Å². The summed E-state index contributed by atoms with van der Waals surface area (Å²) >= 11 is 6.05. The molecule has 2 aromatic carbocycles. The lowest BCUT2D eigenvalue weighted by Crippen LogP contribution is -2.11. The predicted molar refractivity (Wildman–Crippen MR) is 91.1 cm³/mol. The van der Waals surface area contributed by atoms with Crippen molar-refractivity contribution in [2.45, 2.75) is 18.8 Å². The van der Waals surface area contributed by atoms with Crippen molar-refractivity contribution in [1.29, 1.82) is 0 Å². The number of hydrogen-bond donors (Lipinski definition) is 1. The minimum absolute atomic E-state index is 0.221. The van der Waals surface area contributed by atoms with Crippen LogP contribution in [0.25, 0.3) is 11.4 Å². The monoisotopic (exact) mass is 339 g/mol. The number of amides is 1. The third-order valence-electron chi connectivity index (χ3n) is 3.90. The van der Waals surface area contributed by atoms with Gasteiger partial charge in [-0.15, -0.1) is 0 Å². The maximum atomic E-state index is 12.3. The summed E-state index contributed by atoms with van der Waals surface area (Å²) in [5.74, 6) is 1.45. The summed E-state index contributed by atoms with van der Waals surface area (Å²) in [6.07, 6.45) is 2.23. The van der Waals surface area contributed by atoms with Crippen LogP contribution in [-0.2, 0) is 0 Å². The van der Waals surface area contributed by atoms with Gasteiger partial charge in [0.2, 0.25) is 11.7 Å². The van der Waals surface area contributed by atoms with E-state index in [1.807, 2.05) is 24.3 Å². The van der Waals surface area contributed by atoms with Crippen LogP contribution in [0.15, 0.2) is 53.1 Å². The van der Waals surface area contributed by atoms with E-state index >= 15 is 0 Å². The van der Waals surface area contributed by atoms with E-state index in [0.717, 1.165) is 18.4 Å². The number of nitrogens with one attached hydrogen (secondary N) is 1. The Morgan fingerprint density at radius 3 is 2.58 bits per heavy atom. The zero-order valence-corrected chi connectivity index (χ0v) is 13.5. The van der Waals surface area contributed by atoms with Crippen LogP contribution in [0.5, 0.6) is 0 Å². The first-order valence-electron chi connectivity index (χ1n) is 7.70. The van der Waals surface area contributed by atoms with E-state index in [4.69, 9.17) is 16.1 Å². The first kappa shape index (κ1) is 14.9. The van der Waals surface area contributed by atoms with Gasteiger partial charge in [-0.05, 0) is 37.1 Å². The lowest BCUT2D eigenvalue weighted by atomic mass is 10.1. The third kappa shape index (κ3) is 3.03. The summed E-state index contributed by atoms with van der Waals surface area (Å²) in [5.41, 5.74) is 1.94. The standard InChI is InChI=1S/C18H14ClN3O2/c19-14-3-1-2-4-15(14)20-17(23)12-7-5-11(6-8-12)16-21-18(24-22-16)13-9-10-13/h1-8,13H,9-10H2,(H,20,23). The molecule has 1 N–H and O–H groups in total. The lowest BCUT2D eigenvalue weighted by molar-refractivity contribution is 0.102. The fourth-order valence-electron chi connectivity index (χ4n) is 2.38. The number of anilines is 1. The molecule has 0 radical (unpaired) electrons. The van der Waals surface area contributed by atoms with Crippen LogP contribution in [0.1, 0.15) is 35.0 Å². The molecule has 1 aromatic heterocycles. The molecular weight excluding hydrogens is 326 g/mol. The van der Waals surface area contributed by atoms with Gasteiger partial charge in [0.05, 0.1) is 10.7 Å². The Morgan fingerprint density at radius 1 is 1.12 bits per heavy atom. The highest BCUT2D eigenvalue weighted by atomic mass is 35.5. The number of nitrogens with zero attached hydrogens (tertiary/aromatic N) is 2. The van der Waals surface area contributed by atoms with Crippen LogP contribution < -0.4 is 5.32 Å². The van der Waals surface area contributed by atoms with Gasteiger partial charge in [0.15, 0.2) is 0 Å². The van der Waals surface area contributed by atoms with Gasteiger partial charge < -0.3 is 9.84 Å². The number of hydrogen-bond acceptors (Lipinski definition) is 4. The highest BCUT2D eigenvalue weighted by Crippen LogP contribution is 2.39. The number of halogens is 1. The second kappa shape index (κ2) is 6.09. The molecule has 0 atom stereocenters. The minimum atomic E-state index is -0.221. The lowest BCUT2D eigenvalue weighted by Gasteiger charge is -2.07. The zero-order chi connectivity index (χ0) is 16.5. The van der Waals surface area contributed by atoms with Gasteiger partial charge in [0.1, 0.15) is 0 Å². The van der Waals surface area contributed by atoms with Gasteiger partial charge in [-0.25, -0.2) is 0 Å². The maximum absolute atomic E-state index is 12.3. The van der Waals surface area contributed by atoms with E-state index in [0.29, 0.717) is 33.9 Å². The summed E-state index contributed by atoms with van der Waals surface area (Å²) in [4.78, 5) is 16.7. The largest absolute Gasteiger partial charge is 0.339 e. The molecule has 1 heterocycles. The number of carbonyl (C=O) groups excluding carboxylic acids is 1. The van der Waals surface area contributed by atoms with Crippen LogP contribution in [0.3, 0.4) is 0 Å². The molecule has 3 aromatic rings. The predicted octanol–water partition coefficient (Wildman–Crippen LogP) is 4.52. The van der Waals surface area contributed by atoms with E-state index in [-0.39, 0.29) is 5.91 Å². The molecule has 1 saturated carbocycles. The highest BCUT2D eigenvalue weighted by Gasteiger charge is 2.29. The van der Waals surface area contributed by atoms with Gasteiger partial charge in [-0.3, -0.25) is 4.79 Å². The quantitative estimate of drug-likeness (QED) is 0.758. The van der Waals surface area contributed by atoms with Crippen molar-refractivity contribution in [3.63, 3.8) is 0 Å². The average Bonchev–Trinajstić information content (AvgIpc) is 3.34. The van der Waals surface area contributed by atoms with Crippen molar-refractivity contribution < 1.29 is 9.32 Å². The Morgan fingerprint density at radius 2 is 1.88 bits per heavy atom. The van der Waals surface area contributed by atoms with Gasteiger partial charge in [0, 0.05) is 17.0 Å². The number of para-hydroxylation sites is 1. The number of carbonyl (C=O) groups is 1. The van der Waals surface area contributed by atoms with E-state index < -0.39 is 0 Å². The molecule has 0 saturated heterocycles. The maximum Gasteiger partial charge on any atom is 0.255 e. The van der Waals surface area contributed by atoms with Gasteiger partial charge in [0.25, 0.3) is 5.91 Å². The number of aromatic nitrogens is 2. The normalized spacial score (nSPS) is 13.7. The Kier molecular flexibility index (Phi) is 3.78. The van der Waals surface area contributed by atoms with Crippen LogP contribution in [-0.4, -0.2) is 16.0 Å². The van der Waals surface area contributed by atoms with Gasteiger partial charge in [-0.1, -0.05) is 41.0 Å². The van der Waals surface area contributed by atoms with Crippen molar-refractivity contribution in [3.8, 4) is 11.4 Å². The molecule has 1 aliphatic carbocycles. The summed E-state index contributed by atoms with van der Waals surface area (Å²) in [6, 6.07) is 14.2. The van der Waals surface area contributed by atoms with Crippen molar-refractivity contribution in [2.24, 2.45) is 0 Å². The summed E-state index contributed by atoms with van der Waals surface area (Å²) < 4.78 is 5.26. The third-order valence-corrected chi connectivity index (χ3v) is 4.23. The van der Waals surface area contributed by atoms with Gasteiger partial charge >= 0.3 is 0 Å². The minimum Gasteiger partial charge on any atom is -0.339 e. The van der Waals surface area contributed by atoms with Gasteiger partial charge in [-0.2, -0.15) is 4.98 Å². The zero-order valence-electron chi connectivity index (χ0n) is 12.7. The molecular formula is C18H14ClN3O2. The fraction of sp³-hybridized carbons (Fsp3) is 0.167.